The second-order valence-corrected chi connectivity index (χ2v) is 4.31. The van der Waals surface area contributed by atoms with Crippen molar-refractivity contribution in [1.29, 1.82) is 5.26 Å². The number of nitriles is 1. The average Bonchev–Trinajstić information content (AvgIpc) is 2.14. The van der Waals surface area contributed by atoms with Crippen molar-refractivity contribution in [3.63, 3.8) is 0 Å². The molecule has 16 heavy (non-hydrogen) atoms. The summed E-state index contributed by atoms with van der Waals surface area (Å²) >= 11 is 0. The molecule has 0 radical (unpaired) electrons. The molecular formula is C12H15N3O. The molecule has 4 heteroatoms. The third-order valence-electron chi connectivity index (χ3n) is 2.83. The van der Waals surface area contributed by atoms with Crippen LogP contribution in [0.5, 0.6) is 5.75 Å². The van der Waals surface area contributed by atoms with Gasteiger partial charge in [-0.3, -0.25) is 4.98 Å². The first-order valence-electron chi connectivity index (χ1n) is 5.40. The van der Waals surface area contributed by atoms with Gasteiger partial charge in [-0.05, 0) is 26.7 Å². The molecule has 1 heterocycles. The Morgan fingerprint density at radius 2 is 2.19 bits per heavy atom. The highest BCUT2D eigenvalue weighted by Gasteiger charge is 2.28. The molecule has 0 unspecified atom stereocenters. The quantitative estimate of drug-likeness (QED) is 0.813. The van der Waals surface area contributed by atoms with Crippen molar-refractivity contribution in [1.82, 2.24) is 4.98 Å². The van der Waals surface area contributed by atoms with Gasteiger partial charge in [0.1, 0.15) is 23.5 Å². The Kier molecular flexibility index (Phi) is 2.80. The molecule has 1 aliphatic carbocycles. The SMILES string of the molecule is Cc1cc(OC2CC(N)C2)c(C#N)c(C)n1. The fourth-order valence-electron chi connectivity index (χ4n) is 1.90. The summed E-state index contributed by atoms with van der Waals surface area (Å²) in [7, 11) is 0. The zero-order valence-electron chi connectivity index (χ0n) is 9.53. The molecule has 0 atom stereocenters. The van der Waals surface area contributed by atoms with Crippen LogP contribution >= 0.6 is 0 Å². The van der Waals surface area contributed by atoms with Crippen molar-refractivity contribution in [2.75, 3.05) is 0 Å². The minimum atomic E-state index is 0.156. The maximum absolute atomic E-state index is 9.05. The van der Waals surface area contributed by atoms with E-state index in [0.717, 1.165) is 24.2 Å². The fourth-order valence-corrected chi connectivity index (χ4v) is 1.90. The number of hydrogen-bond acceptors (Lipinski definition) is 4. The van der Waals surface area contributed by atoms with Crippen LogP contribution < -0.4 is 10.5 Å². The number of aromatic nitrogens is 1. The highest BCUT2D eigenvalue weighted by molar-refractivity contribution is 5.46. The number of aryl methyl sites for hydroxylation is 2. The van der Waals surface area contributed by atoms with E-state index in [0.29, 0.717) is 11.3 Å². The minimum Gasteiger partial charge on any atom is -0.489 e. The largest absolute Gasteiger partial charge is 0.489 e. The van der Waals surface area contributed by atoms with Crippen LogP contribution in [0.2, 0.25) is 0 Å². The van der Waals surface area contributed by atoms with E-state index in [2.05, 4.69) is 11.1 Å². The topological polar surface area (TPSA) is 71.9 Å². The summed E-state index contributed by atoms with van der Waals surface area (Å²) in [5.41, 5.74) is 7.82. The van der Waals surface area contributed by atoms with Gasteiger partial charge in [0.15, 0.2) is 0 Å². The molecule has 0 amide bonds. The van der Waals surface area contributed by atoms with Gasteiger partial charge in [-0.15, -0.1) is 0 Å². The Balaban J connectivity index is 2.22. The van der Waals surface area contributed by atoms with E-state index in [4.69, 9.17) is 15.7 Å². The highest BCUT2D eigenvalue weighted by Crippen LogP contribution is 2.28. The molecule has 0 spiro atoms. The fraction of sp³-hybridized carbons (Fsp3) is 0.500. The molecule has 1 fully saturated rings. The zero-order valence-corrected chi connectivity index (χ0v) is 9.53. The van der Waals surface area contributed by atoms with E-state index in [1.165, 1.54) is 0 Å². The molecule has 1 aromatic heterocycles. The summed E-state index contributed by atoms with van der Waals surface area (Å²) < 4.78 is 5.76. The van der Waals surface area contributed by atoms with E-state index >= 15 is 0 Å². The van der Waals surface area contributed by atoms with E-state index in [1.54, 1.807) is 0 Å². The summed E-state index contributed by atoms with van der Waals surface area (Å²) in [6.07, 6.45) is 1.89. The number of hydrogen-bond donors (Lipinski definition) is 1. The van der Waals surface area contributed by atoms with Crippen LogP contribution in [-0.4, -0.2) is 17.1 Å². The van der Waals surface area contributed by atoms with E-state index < -0.39 is 0 Å². The lowest BCUT2D eigenvalue weighted by atomic mass is 9.90. The van der Waals surface area contributed by atoms with Crippen LogP contribution in [-0.2, 0) is 0 Å². The molecule has 1 aromatic rings. The smallest absolute Gasteiger partial charge is 0.141 e. The van der Waals surface area contributed by atoms with Crippen molar-refractivity contribution in [2.45, 2.75) is 38.8 Å². The molecule has 2 rings (SSSR count). The third kappa shape index (κ3) is 2.00. The van der Waals surface area contributed by atoms with Gasteiger partial charge < -0.3 is 10.5 Å². The van der Waals surface area contributed by atoms with Gasteiger partial charge in [0.2, 0.25) is 0 Å². The normalized spacial score (nSPS) is 23.4. The van der Waals surface area contributed by atoms with Crippen molar-refractivity contribution in [3.05, 3.63) is 23.0 Å². The van der Waals surface area contributed by atoms with Gasteiger partial charge in [0, 0.05) is 17.8 Å². The molecule has 0 saturated heterocycles. The van der Waals surface area contributed by atoms with Crippen LogP contribution in [0.15, 0.2) is 6.07 Å². The first-order valence-corrected chi connectivity index (χ1v) is 5.40. The lowest BCUT2D eigenvalue weighted by Gasteiger charge is -2.32. The van der Waals surface area contributed by atoms with Crippen molar-refractivity contribution >= 4 is 0 Å². The summed E-state index contributed by atoms with van der Waals surface area (Å²) in [6.45, 7) is 3.72. The third-order valence-corrected chi connectivity index (χ3v) is 2.83. The second kappa shape index (κ2) is 4.11. The molecule has 84 valence electrons. The predicted octanol–water partition coefficient (Wildman–Crippen LogP) is 1.44. The Hall–Kier alpha value is -1.60. The number of pyridine rings is 1. The van der Waals surface area contributed by atoms with Gasteiger partial charge in [-0.2, -0.15) is 5.26 Å². The molecule has 1 saturated carbocycles. The molecule has 0 aromatic carbocycles. The lowest BCUT2D eigenvalue weighted by molar-refractivity contribution is 0.100. The first-order chi connectivity index (χ1) is 7.60. The van der Waals surface area contributed by atoms with Gasteiger partial charge in [-0.25, -0.2) is 0 Å². The summed E-state index contributed by atoms with van der Waals surface area (Å²) in [4.78, 5) is 4.24. The van der Waals surface area contributed by atoms with Crippen LogP contribution in [0.25, 0.3) is 0 Å². The maximum Gasteiger partial charge on any atom is 0.141 e. The maximum atomic E-state index is 9.05. The number of rotatable bonds is 2. The van der Waals surface area contributed by atoms with Gasteiger partial charge in [-0.1, -0.05) is 0 Å². The van der Waals surface area contributed by atoms with Gasteiger partial charge >= 0.3 is 0 Å². The average molecular weight is 217 g/mol. The number of nitrogens with zero attached hydrogens (tertiary/aromatic N) is 2. The Labute approximate surface area is 95.0 Å². The number of ether oxygens (including phenoxy) is 1. The highest BCUT2D eigenvalue weighted by atomic mass is 16.5. The van der Waals surface area contributed by atoms with Crippen molar-refractivity contribution in [3.8, 4) is 11.8 Å². The second-order valence-electron chi connectivity index (χ2n) is 4.31. The Morgan fingerprint density at radius 3 is 2.75 bits per heavy atom. The zero-order chi connectivity index (χ0) is 11.7. The molecular weight excluding hydrogens is 202 g/mol. The summed E-state index contributed by atoms with van der Waals surface area (Å²) in [6, 6.07) is 4.20. The van der Waals surface area contributed by atoms with Crippen LogP contribution in [0, 0.1) is 25.2 Å². The summed E-state index contributed by atoms with van der Waals surface area (Å²) in [5, 5.41) is 9.05. The van der Waals surface area contributed by atoms with Crippen LogP contribution in [0.4, 0.5) is 0 Å². The molecule has 0 bridgehead atoms. The van der Waals surface area contributed by atoms with E-state index in [1.807, 2.05) is 19.9 Å². The van der Waals surface area contributed by atoms with Gasteiger partial charge in [0.05, 0.1) is 5.69 Å². The Bertz CT molecular complexity index is 444. The predicted molar refractivity (Wildman–Crippen MR) is 60.1 cm³/mol. The Morgan fingerprint density at radius 1 is 1.50 bits per heavy atom. The molecule has 0 aliphatic heterocycles. The molecule has 1 aliphatic rings. The van der Waals surface area contributed by atoms with E-state index in [-0.39, 0.29) is 12.1 Å². The van der Waals surface area contributed by atoms with Crippen molar-refractivity contribution in [2.24, 2.45) is 5.73 Å². The molecule has 2 N–H and O–H groups in total. The summed E-state index contributed by atoms with van der Waals surface area (Å²) in [5.74, 6) is 0.643. The van der Waals surface area contributed by atoms with Gasteiger partial charge in [0.25, 0.3) is 0 Å². The first kappa shape index (κ1) is 10.9. The van der Waals surface area contributed by atoms with Crippen molar-refractivity contribution < 1.29 is 4.74 Å². The van der Waals surface area contributed by atoms with E-state index in [9.17, 15) is 0 Å². The lowest BCUT2D eigenvalue weighted by Crippen LogP contribution is -2.43. The van der Waals surface area contributed by atoms with Crippen LogP contribution in [0.3, 0.4) is 0 Å². The number of nitrogens with two attached hydrogens (primary N) is 1. The van der Waals surface area contributed by atoms with Crippen LogP contribution in [0.1, 0.15) is 29.8 Å². The standard InChI is InChI=1S/C12H15N3O/c1-7-3-12(11(6-13)8(2)15-7)16-10-4-9(14)5-10/h3,9-10H,4-5,14H2,1-2H3. The molecule has 4 nitrogen and oxygen atoms in total. The minimum absolute atomic E-state index is 0.156. The monoisotopic (exact) mass is 217 g/mol.